The monoisotopic (exact) mass is 374 g/mol. The highest BCUT2D eigenvalue weighted by molar-refractivity contribution is 7.92. The first-order valence-electron chi connectivity index (χ1n) is 8.26. The van der Waals surface area contributed by atoms with Crippen molar-refractivity contribution in [2.75, 3.05) is 31.1 Å². The van der Waals surface area contributed by atoms with Gasteiger partial charge in [-0.2, -0.15) is 0 Å². The molecule has 1 atom stereocenters. The number of nitrogens with one attached hydrogen (secondary N) is 1. The van der Waals surface area contributed by atoms with E-state index in [1.54, 1.807) is 4.90 Å². The zero-order valence-electron chi connectivity index (χ0n) is 14.3. The van der Waals surface area contributed by atoms with Crippen molar-refractivity contribution in [1.29, 1.82) is 0 Å². The van der Waals surface area contributed by atoms with Crippen molar-refractivity contribution >= 4 is 28.2 Å². The van der Waals surface area contributed by atoms with E-state index in [0.29, 0.717) is 26.1 Å². The summed E-state index contributed by atoms with van der Waals surface area (Å²) in [7, 11) is -3.31. The van der Waals surface area contributed by atoms with E-state index >= 15 is 0 Å². The summed E-state index contributed by atoms with van der Waals surface area (Å²) >= 11 is 0. The van der Waals surface area contributed by atoms with Gasteiger partial charge in [0.25, 0.3) is 0 Å². The summed E-state index contributed by atoms with van der Waals surface area (Å²) in [6, 6.07) is 8.12. The number of hydrogen-bond acceptors (Lipinski definition) is 4. The second kappa shape index (κ2) is 9.39. The molecule has 24 heavy (non-hydrogen) atoms. The third kappa shape index (κ3) is 5.46. The number of halogens is 1. The highest BCUT2D eigenvalue weighted by Crippen LogP contribution is 2.23. The lowest BCUT2D eigenvalue weighted by atomic mass is 10.0. The Morgan fingerprint density at radius 2 is 1.92 bits per heavy atom. The van der Waals surface area contributed by atoms with Crippen LogP contribution in [0.2, 0.25) is 0 Å². The van der Waals surface area contributed by atoms with Crippen molar-refractivity contribution in [3.63, 3.8) is 0 Å². The molecule has 0 radical (unpaired) electrons. The maximum atomic E-state index is 12.5. The summed E-state index contributed by atoms with van der Waals surface area (Å²) < 4.78 is 23.9. The molecule has 1 aliphatic rings. The minimum Gasteiger partial charge on any atom is -0.332 e. The third-order valence-corrected chi connectivity index (χ3v) is 5.91. The Morgan fingerprint density at radius 3 is 2.50 bits per heavy atom. The van der Waals surface area contributed by atoms with Crippen molar-refractivity contribution in [2.45, 2.75) is 32.7 Å². The molecule has 0 aliphatic carbocycles. The van der Waals surface area contributed by atoms with Gasteiger partial charge >= 0.3 is 0 Å². The number of benzene rings is 1. The van der Waals surface area contributed by atoms with Gasteiger partial charge in [-0.05, 0) is 24.0 Å². The fourth-order valence-electron chi connectivity index (χ4n) is 2.93. The molecular formula is C17H27ClN2O3S. The normalized spacial score (nSPS) is 18.1. The predicted octanol–water partition coefficient (Wildman–Crippen LogP) is 1.97. The number of carbonyl (C=O) groups excluding carboxylic acids is 1. The minimum atomic E-state index is -3.31. The van der Waals surface area contributed by atoms with E-state index in [2.05, 4.69) is 24.4 Å². The van der Waals surface area contributed by atoms with E-state index in [-0.39, 0.29) is 35.9 Å². The van der Waals surface area contributed by atoms with Crippen LogP contribution in [0.3, 0.4) is 0 Å². The van der Waals surface area contributed by atoms with Gasteiger partial charge in [-0.1, -0.05) is 38.1 Å². The lowest BCUT2D eigenvalue weighted by Crippen LogP contribution is -2.50. The van der Waals surface area contributed by atoms with Gasteiger partial charge in [0.2, 0.25) is 5.91 Å². The summed E-state index contributed by atoms with van der Waals surface area (Å²) in [6.45, 7) is 5.81. The molecule has 1 N–H and O–H groups in total. The Kier molecular flexibility index (Phi) is 8.19. The standard InChI is InChI=1S/C17H26N2O3S.ClH/c1-3-11-23(21,22)13-17(20)19-10-9-18-12-16(19)15-7-5-14(4-2)6-8-15;/h5-8,16,18H,3-4,9-13H2,1-2H3;1H. The largest absolute Gasteiger partial charge is 0.332 e. The second-order valence-electron chi connectivity index (χ2n) is 5.99. The average Bonchev–Trinajstić information content (AvgIpc) is 2.54. The molecule has 2 rings (SSSR count). The van der Waals surface area contributed by atoms with Crippen molar-refractivity contribution in [2.24, 2.45) is 0 Å². The minimum absolute atomic E-state index is 0. The maximum Gasteiger partial charge on any atom is 0.238 e. The van der Waals surface area contributed by atoms with Crippen LogP contribution < -0.4 is 5.32 Å². The average molecular weight is 375 g/mol. The van der Waals surface area contributed by atoms with Crippen LogP contribution in [0.15, 0.2) is 24.3 Å². The lowest BCUT2D eigenvalue weighted by molar-refractivity contribution is -0.131. The van der Waals surface area contributed by atoms with E-state index in [0.717, 1.165) is 12.0 Å². The Balaban J connectivity index is 0.00000288. The van der Waals surface area contributed by atoms with E-state index in [4.69, 9.17) is 0 Å². The van der Waals surface area contributed by atoms with E-state index < -0.39 is 9.84 Å². The number of aryl methyl sites for hydroxylation is 1. The van der Waals surface area contributed by atoms with Crippen LogP contribution in [-0.2, 0) is 21.1 Å². The number of piperazine rings is 1. The van der Waals surface area contributed by atoms with Crippen molar-refractivity contribution in [3.8, 4) is 0 Å². The smallest absolute Gasteiger partial charge is 0.238 e. The fraction of sp³-hybridized carbons (Fsp3) is 0.588. The second-order valence-corrected chi connectivity index (χ2v) is 8.18. The predicted molar refractivity (Wildman–Crippen MR) is 99.3 cm³/mol. The summed E-state index contributed by atoms with van der Waals surface area (Å²) in [5.41, 5.74) is 2.30. The van der Waals surface area contributed by atoms with Gasteiger partial charge in [0.05, 0.1) is 11.8 Å². The van der Waals surface area contributed by atoms with Crippen LogP contribution in [-0.4, -0.2) is 50.4 Å². The summed E-state index contributed by atoms with van der Waals surface area (Å²) in [5, 5.41) is 3.29. The van der Waals surface area contributed by atoms with Crippen molar-refractivity contribution in [1.82, 2.24) is 10.2 Å². The van der Waals surface area contributed by atoms with Crippen molar-refractivity contribution in [3.05, 3.63) is 35.4 Å². The number of nitrogens with zero attached hydrogens (tertiary/aromatic N) is 1. The molecule has 1 fully saturated rings. The summed E-state index contributed by atoms with van der Waals surface area (Å²) in [5.74, 6) is -0.602. The van der Waals surface area contributed by atoms with Crippen LogP contribution >= 0.6 is 12.4 Å². The molecule has 0 spiro atoms. The highest BCUT2D eigenvalue weighted by atomic mass is 35.5. The Morgan fingerprint density at radius 1 is 1.25 bits per heavy atom. The van der Waals surface area contributed by atoms with Gasteiger partial charge < -0.3 is 10.2 Å². The molecule has 1 aliphatic heterocycles. The molecule has 1 heterocycles. The first-order chi connectivity index (χ1) is 11.0. The highest BCUT2D eigenvalue weighted by Gasteiger charge is 2.30. The molecule has 0 saturated carbocycles. The van der Waals surface area contributed by atoms with Gasteiger partial charge in [0.15, 0.2) is 9.84 Å². The molecule has 1 aromatic carbocycles. The summed E-state index contributed by atoms with van der Waals surface area (Å²) in [6.07, 6.45) is 1.51. The van der Waals surface area contributed by atoms with Crippen LogP contribution in [0.1, 0.15) is 37.4 Å². The van der Waals surface area contributed by atoms with Gasteiger partial charge in [-0.3, -0.25) is 4.79 Å². The molecule has 7 heteroatoms. The van der Waals surface area contributed by atoms with Crippen LogP contribution in [0.25, 0.3) is 0 Å². The first-order valence-corrected chi connectivity index (χ1v) is 10.1. The number of rotatable bonds is 6. The quantitative estimate of drug-likeness (QED) is 0.826. The van der Waals surface area contributed by atoms with E-state index in [9.17, 15) is 13.2 Å². The molecule has 1 saturated heterocycles. The maximum absolute atomic E-state index is 12.5. The molecule has 0 aromatic heterocycles. The molecular weight excluding hydrogens is 348 g/mol. The van der Waals surface area contributed by atoms with Gasteiger partial charge in [0, 0.05) is 19.6 Å². The van der Waals surface area contributed by atoms with Crippen LogP contribution in [0, 0.1) is 0 Å². The third-order valence-electron chi connectivity index (χ3n) is 4.19. The Hall–Kier alpha value is -1.11. The molecule has 1 amide bonds. The van der Waals surface area contributed by atoms with Gasteiger partial charge in [0.1, 0.15) is 5.75 Å². The number of sulfone groups is 1. The Bertz CT molecular complexity index is 632. The van der Waals surface area contributed by atoms with Gasteiger partial charge in [-0.15, -0.1) is 12.4 Å². The SMILES string of the molecule is CCCS(=O)(=O)CC(=O)N1CCNCC1c1ccc(CC)cc1.Cl. The molecule has 0 bridgehead atoms. The molecule has 1 aromatic rings. The molecule has 5 nitrogen and oxygen atoms in total. The zero-order chi connectivity index (χ0) is 16.9. The Labute approximate surface area is 151 Å². The van der Waals surface area contributed by atoms with Gasteiger partial charge in [-0.25, -0.2) is 8.42 Å². The number of hydrogen-bond donors (Lipinski definition) is 1. The lowest BCUT2D eigenvalue weighted by Gasteiger charge is -2.36. The molecule has 1 unspecified atom stereocenters. The van der Waals surface area contributed by atoms with E-state index in [1.165, 1.54) is 5.56 Å². The van der Waals surface area contributed by atoms with Crippen LogP contribution in [0.5, 0.6) is 0 Å². The fourth-order valence-corrected chi connectivity index (χ4v) is 4.24. The summed E-state index contributed by atoms with van der Waals surface area (Å²) in [4.78, 5) is 14.2. The molecule has 136 valence electrons. The topological polar surface area (TPSA) is 66.5 Å². The zero-order valence-corrected chi connectivity index (χ0v) is 16.0. The van der Waals surface area contributed by atoms with E-state index in [1.807, 2.05) is 19.1 Å². The van der Waals surface area contributed by atoms with Crippen molar-refractivity contribution < 1.29 is 13.2 Å². The van der Waals surface area contributed by atoms with Crippen LogP contribution in [0.4, 0.5) is 0 Å². The number of amides is 1. The first kappa shape index (κ1) is 20.9. The number of carbonyl (C=O) groups is 1.